The fraction of sp³-hybridized carbons (Fsp3) is 0.412. The van der Waals surface area contributed by atoms with Crippen LogP contribution in [0.3, 0.4) is 0 Å². The molecule has 1 amide bonds. The second kappa shape index (κ2) is 6.86. The molecule has 0 bridgehead atoms. The minimum absolute atomic E-state index is 0.133. The van der Waals surface area contributed by atoms with Crippen molar-refractivity contribution in [2.24, 2.45) is 0 Å². The number of hydrogen-bond acceptors (Lipinski definition) is 4. The number of nitrogens with one attached hydrogen (secondary N) is 1. The van der Waals surface area contributed by atoms with Crippen LogP contribution >= 0.6 is 15.9 Å². The molecule has 138 valence electrons. The highest BCUT2D eigenvalue weighted by molar-refractivity contribution is 9.10. The first kappa shape index (κ1) is 17.3. The van der Waals surface area contributed by atoms with Gasteiger partial charge in [-0.05, 0) is 40.9 Å². The van der Waals surface area contributed by atoms with Gasteiger partial charge < -0.3 is 14.8 Å². The molecular weight excluding hydrogens is 412 g/mol. The lowest BCUT2D eigenvalue weighted by molar-refractivity contribution is -0.117. The summed E-state index contributed by atoms with van der Waals surface area (Å²) in [6.45, 7) is 0.807. The van der Waals surface area contributed by atoms with Crippen LogP contribution in [0.4, 0.5) is 14.5 Å². The molecule has 1 aliphatic heterocycles. The first-order valence-electron chi connectivity index (χ1n) is 8.26. The number of ether oxygens (including phenoxy) is 2. The van der Waals surface area contributed by atoms with E-state index in [1.807, 2.05) is 0 Å². The second-order valence-corrected chi connectivity index (χ2v) is 7.02. The smallest absolute Gasteiger partial charge is 0.283 e. The summed E-state index contributed by atoms with van der Waals surface area (Å²) in [6.07, 6.45) is -0.864. The highest BCUT2D eigenvalue weighted by Gasteiger charge is 2.34. The van der Waals surface area contributed by atoms with Crippen molar-refractivity contribution < 1.29 is 23.0 Å². The molecule has 1 aliphatic carbocycles. The zero-order valence-electron chi connectivity index (χ0n) is 13.7. The van der Waals surface area contributed by atoms with Crippen molar-refractivity contribution in [2.45, 2.75) is 31.7 Å². The zero-order valence-corrected chi connectivity index (χ0v) is 15.3. The minimum atomic E-state index is -2.69. The molecule has 2 heterocycles. The van der Waals surface area contributed by atoms with E-state index >= 15 is 0 Å². The van der Waals surface area contributed by atoms with Gasteiger partial charge in [0.25, 0.3) is 6.43 Å². The maximum Gasteiger partial charge on any atom is 0.283 e. The Bertz CT molecular complexity index is 852. The van der Waals surface area contributed by atoms with Crippen LogP contribution in [0.25, 0.3) is 0 Å². The van der Waals surface area contributed by atoms with E-state index in [0.717, 1.165) is 12.8 Å². The Hall–Kier alpha value is -2.16. The van der Waals surface area contributed by atoms with Crippen LogP contribution in [-0.4, -0.2) is 28.9 Å². The van der Waals surface area contributed by atoms with Gasteiger partial charge in [0.15, 0.2) is 11.5 Å². The molecule has 1 saturated carbocycles. The fourth-order valence-corrected chi connectivity index (χ4v) is 3.72. The Kier molecular flexibility index (Phi) is 4.56. The van der Waals surface area contributed by atoms with E-state index in [9.17, 15) is 13.6 Å². The minimum Gasteiger partial charge on any atom is -0.486 e. The van der Waals surface area contributed by atoms with Crippen molar-refractivity contribution in [3.8, 4) is 11.5 Å². The average Bonchev–Trinajstić information content (AvgIpc) is 3.39. The third-order valence-electron chi connectivity index (χ3n) is 4.25. The normalized spacial score (nSPS) is 16.0. The first-order valence-corrected chi connectivity index (χ1v) is 9.06. The summed E-state index contributed by atoms with van der Waals surface area (Å²) >= 11 is 3.22. The summed E-state index contributed by atoms with van der Waals surface area (Å²) in [5.74, 6) is 1.02. The molecule has 1 aromatic heterocycles. The van der Waals surface area contributed by atoms with Gasteiger partial charge in [-0.15, -0.1) is 0 Å². The number of hydrogen-bond donors (Lipinski definition) is 1. The van der Waals surface area contributed by atoms with E-state index in [0.29, 0.717) is 40.6 Å². The molecule has 1 fully saturated rings. The molecule has 0 atom stereocenters. The molecule has 1 N–H and O–H groups in total. The molecular formula is C17H16BrF2N3O3. The van der Waals surface area contributed by atoms with Crippen molar-refractivity contribution in [3.05, 3.63) is 34.1 Å². The van der Waals surface area contributed by atoms with Crippen molar-refractivity contribution >= 4 is 27.5 Å². The van der Waals surface area contributed by atoms with Gasteiger partial charge in [0.1, 0.15) is 25.5 Å². The first-order chi connectivity index (χ1) is 12.5. The van der Waals surface area contributed by atoms with Crippen LogP contribution in [0.5, 0.6) is 11.5 Å². The van der Waals surface area contributed by atoms with Crippen LogP contribution in [0.2, 0.25) is 0 Å². The maximum atomic E-state index is 13.1. The number of rotatable bonds is 5. The van der Waals surface area contributed by atoms with Crippen LogP contribution in [0, 0.1) is 0 Å². The van der Waals surface area contributed by atoms with Crippen LogP contribution in [-0.2, 0) is 11.3 Å². The summed E-state index contributed by atoms with van der Waals surface area (Å²) < 4.78 is 38.8. The monoisotopic (exact) mass is 427 g/mol. The molecule has 0 radical (unpaired) electrons. The summed E-state index contributed by atoms with van der Waals surface area (Å²) in [5.41, 5.74) is 0.893. The predicted molar refractivity (Wildman–Crippen MR) is 92.9 cm³/mol. The Morgan fingerprint density at radius 2 is 2.04 bits per heavy atom. The zero-order chi connectivity index (χ0) is 18.3. The van der Waals surface area contributed by atoms with Gasteiger partial charge in [0, 0.05) is 17.7 Å². The van der Waals surface area contributed by atoms with Gasteiger partial charge in [-0.3, -0.25) is 9.48 Å². The number of alkyl halides is 2. The van der Waals surface area contributed by atoms with E-state index in [-0.39, 0.29) is 24.1 Å². The predicted octanol–water partition coefficient (Wildman–Crippen LogP) is 3.87. The van der Waals surface area contributed by atoms with Crippen molar-refractivity contribution in [3.63, 3.8) is 0 Å². The van der Waals surface area contributed by atoms with Gasteiger partial charge in [0.2, 0.25) is 5.91 Å². The van der Waals surface area contributed by atoms with Gasteiger partial charge >= 0.3 is 0 Å². The molecule has 26 heavy (non-hydrogen) atoms. The molecule has 1 aromatic carbocycles. The Balaban J connectivity index is 1.51. The van der Waals surface area contributed by atoms with Crippen molar-refractivity contribution in [1.29, 1.82) is 0 Å². The van der Waals surface area contributed by atoms with Crippen LogP contribution in [0.15, 0.2) is 22.7 Å². The van der Waals surface area contributed by atoms with E-state index in [1.54, 1.807) is 18.2 Å². The number of halogens is 3. The third-order valence-corrected chi connectivity index (χ3v) is 5.06. The van der Waals surface area contributed by atoms with Crippen molar-refractivity contribution in [2.75, 3.05) is 18.5 Å². The van der Waals surface area contributed by atoms with Crippen LogP contribution < -0.4 is 14.8 Å². The largest absolute Gasteiger partial charge is 0.486 e. The number of aromatic nitrogens is 2. The standard InChI is InChI=1S/C17H16BrF2N3O3/c18-14-15(17(19)20)22-23(16(14)9-1-2-9)8-13(24)21-10-3-4-11-12(7-10)26-6-5-25-11/h3-4,7,9,17H,1-2,5-6,8H2,(H,21,24). The number of carbonyl (C=O) groups excluding carboxylic acids is 1. The highest BCUT2D eigenvalue weighted by atomic mass is 79.9. The molecule has 2 aliphatic rings. The Morgan fingerprint density at radius 1 is 1.31 bits per heavy atom. The molecule has 9 heteroatoms. The molecule has 6 nitrogen and oxygen atoms in total. The van der Waals surface area contributed by atoms with E-state index in [1.165, 1.54) is 4.68 Å². The van der Waals surface area contributed by atoms with Crippen LogP contribution in [0.1, 0.15) is 36.6 Å². The number of amides is 1. The Labute approximate surface area is 156 Å². The molecule has 2 aromatic rings. The summed E-state index contributed by atoms with van der Waals surface area (Å²) in [7, 11) is 0. The highest BCUT2D eigenvalue weighted by Crippen LogP contribution is 2.45. The number of anilines is 1. The molecule has 4 rings (SSSR count). The van der Waals surface area contributed by atoms with E-state index in [2.05, 4.69) is 26.3 Å². The number of carbonyl (C=O) groups is 1. The van der Waals surface area contributed by atoms with Gasteiger partial charge in [-0.25, -0.2) is 8.78 Å². The molecule has 0 saturated heterocycles. The quantitative estimate of drug-likeness (QED) is 0.786. The fourth-order valence-electron chi connectivity index (χ4n) is 2.94. The van der Waals surface area contributed by atoms with Gasteiger partial charge in [-0.1, -0.05) is 0 Å². The third kappa shape index (κ3) is 3.40. The van der Waals surface area contributed by atoms with E-state index < -0.39 is 6.43 Å². The number of benzene rings is 1. The second-order valence-electron chi connectivity index (χ2n) is 6.22. The SMILES string of the molecule is O=C(Cn1nc(C(F)F)c(Br)c1C1CC1)Nc1ccc2c(c1)OCCO2. The lowest BCUT2D eigenvalue weighted by Gasteiger charge is -2.19. The van der Waals surface area contributed by atoms with Gasteiger partial charge in [-0.2, -0.15) is 5.10 Å². The number of nitrogens with zero attached hydrogens (tertiary/aromatic N) is 2. The summed E-state index contributed by atoms with van der Waals surface area (Å²) in [6, 6.07) is 5.10. The number of fused-ring (bicyclic) bond motifs is 1. The van der Waals surface area contributed by atoms with Crippen molar-refractivity contribution in [1.82, 2.24) is 9.78 Å². The summed E-state index contributed by atoms with van der Waals surface area (Å²) in [5, 5.41) is 6.68. The van der Waals surface area contributed by atoms with Gasteiger partial charge in [0.05, 0.1) is 10.2 Å². The van der Waals surface area contributed by atoms with E-state index in [4.69, 9.17) is 9.47 Å². The maximum absolute atomic E-state index is 13.1. The molecule has 0 unspecified atom stereocenters. The average molecular weight is 428 g/mol. The lowest BCUT2D eigenvalue weighted by Crippen LogP contribution is -2.21. The Morgan fingerprint density at radius 3 is 2.73 bits per heavy atom. The summed E-state index contributed by atoms with van der Waals surface area (Å²) in [4.78, 5) is 12.4. The molecule has 0 spiro atoms. The lowest BCUT2D eigenvalue weighted by atomic mass is 10.2. The topological polar surface area (TPSA) is 65.4 Å².